The highest BCUT2D eigenvalue weighted by molar-refractivity contribution is 6.00. The van der Waals surface area contributed by atoms with E-state index in [-0.39, 0.29) is 18.3 Å². The van der Waals surface area contributed by atoms with E-state index in [0.29, 0.717) is 30.0 Å². The van der Waals surface area contributed by atoms with Crippen LogP contribution in [0.3, 0.4) is 0 Å². The van der Waals surface area contributed by atoms with Crippen LogP contribution in [0.25, 0.3) is 0 Å². The zero-order valence-corrected chi connectivity index (χ0v) is 17.1. The molecule has 1 heterocycles. The minimum atomic E-state index is -0.540. The molecule has 1 amide bonds. The van der Waals surface area contributed by atoms with E-state index in [4.69, 9.17) is 4.74 Å². The van der Waals surface area contributed by atoms with Crippen molar-refractivity contribution in [2.45, 2.75) is 50.9 Å². The molecular weight excluding hydrogens is 378 g/mol. The number of rotatable bonds is 6. The number of anilines is 1. The van der Waals surface area contributed by atoms with Crippen molar-refractivity contribution in [3.8, 4) is 0 Å². The van der Waals surface area contributed by atoms with Crippen LogP contribution >= 0.6 is 0 Å². The number of nitrogens with zero attached hydrogens (tertiary/aromatic N) is 1. The summed E-state index contributed by atoms with van der Waals surface area (Å²) in [7, 11) is 0. The highest BCUT2D eigenvalue weighted by atomic mass is 16.5. The number of ether oxygens (including phenoxy) is 1. The summed E-state index contributed by atoms with van der Waals surface area (Å²) in [4.78, 5) is 38.2. The molecule has 1 aliphatic carbocycles. The Morgan fingerprint density at radius 1 is 0.867 bits per heavy atom. The predicted molar refractivity (Wildman–Crippen MR) is 115 cm³/mol. The summed E-state index contributed by atoms with van der Waals surface area (Å²) in [5.74, 6) is -0.0516. The number of carbonyl (C=O) groups is 3. The van der Waals surface area contributed by atoms with Crippen molar-refractivity contribution in [2.24, 2.45) is 0 Å². The fourth-order valence-corrected chi connectivity index (χ4v) is 4.37. The molecule has 156 valence electrons. The molecule has 0 radical (unpaired) electrons. The molecule has 2 fully saturated rings. The van der Waals surface area contributed by atoms with Gasteiger partial charge in [0.15, 0.2) is 12.4 Å². The van der Waals surface area contributed by atoms with Gasteiger partial charge in [0.05, 0.1) is 5.56 Å². The molecule has 1 aliphatic heterocycles. The van der Waals surface area contributed by atoms with Crippen LogP contribution in [0.2, 0.25) is 0 Å². The van der Waals surface area contributed by atoms with Crippen LogP contribution in [0.15, 0.2) is 48.5 Å². The Balaban J connectivity index is 1.31. The summed E-state index contributed by atoms with van der Waals surface area (Å²) in [5, 5.41) is 0. The molecule has 0 atom stereocenters. The van der Waals surface area contributed by atoms with Crippen molar-refractivity contribution in [3.05, 3.63) is 65.2 Å². The van der Waals surface area contributed by atoms with E-state index >= 15 is 0 Å². The molecular formula is C25H27NO4. The third-order valence-electron chi connectivity index (χ3n) is 6.13. The van der Waals surface area contributed by atoms with Crippen molar-refractivity contribution in [1.82, 2.24) is 0 Å². The number of hydrogen-bond donors (Lipinski definition) is 0. The standard InChI is InChI=1S/C25H27NO4/c27-23(20-10-8-19(9-11-20)18-5-2-1-3-6-18)17-30-25(29)21-12-14-22(15-13-21)26-16-4-7-24(26)28/h8-15,18H,1-7,16-17H2. The summed E-state index contributed by atoms with van der Waals surface area (Å²) in [6.45, 7) is 0.421. The Hall–Kier alpha value is -2.95. The van der Waals surface area contributed by atoms with Crippen LogP contribution < -0.4 is 4.90 Å². The molecule has 1 saturated heterocycles. The molecule has 2 aliphatic rings. The van der Waals surface area contributed by atoms with Gasteiger partial charge in [-0.1, -0.05) is 43.5 Å². The van der Waals surface area contributed by atoms with Crippen LogP contribution in [0.1, 0.15) is 77.1 Å². The van der Waals surface area contributed by atoms with Crippen LogP contribution in [-0.4, -0.2) is 30.8 Å². The summed E-state index contributed by atoms with van der Waals surface area (Å²) in [5.41, 5.74) is 3.00. The molecule has 0 unspecified atom stereocenters. The number of ketones is 1. The van der Waals surface area contributed by atoms with Crippen molar-refractivity contribution in [1.29, 1.82) is 0 Å². The molecule has 4 rings (SSSR count). The Bertz CT molecular complexity index is 911. The lowest BCUT2D eigenvalue weighted by Gasteiger charge is -2.22. The summed E-state index contributed by atoms with van der Waals surface area (Å²) in [6, 6.07) is 14.5. The average molecular weight is 405 g/mol. The second-order valence-electron chi connectivity index (χ2n) is 8.15. The molecule has 0 aromatic heterocycles. The van der Waals surface area contributed by atoms with E-state index in [2.05, 4.69) is 0 Å². The Labute approximate surface area is 177 Å². The van der Waals surface area contributed by atoms with Crippen molar-refractivity contribution < 1.29 is 19.1 Å². The van der Waals surface area contributed by atoms with Gasteiger partial charge in [0, 0.05) is 24.2 Å². The van der Waals surface area contributed by atoms with E-state index in [9.17, 15) is 14.4 Å². The maximum absolute atomic E-state index is 12.4. The lowest BCUT2D eigenvalue weighted by atomic mass is 9.84. The zero-order chi connectivity index (χ0) is 20.9. The van der Waals surface area contributed by atoms with Gasteiger partial charge in [-0.3, -0.25) is 9.59 Å². The molecule has 5 nitrogen and oxygen atoms in total. The minimum absolute atomic E-state index is 0.102. The molecule has 0 bridgehead atoms. The number of amides is 1. The Morgan fingerprint density at radius 2 is 1.53 bits per heavy atom. The molecule has 2 aromatic carbocycles. The Morgan fingerprint density at radius 3 is 2.17 bits per heavy atom. The van der Waals surface area contributed by atoms with Gasteiger partial charge >= 0.3 is 5.97 Å². The second-order valence-corrected chi connectivity index (χ2v) is 8.15. The van der Waals surface area contributed by atoms with Crippen molar-refractivity contribution >= 4 is 23.3 Å². The highest BCUT2D eigenvalue weighted by Gasteiger charge is 2.22. The lowest BCUT2D eigenvalue weighted by molar-refractivity contribution is -0.117. The van der Waals surface area contributed by atoms with E-state index in [1.54, 1.807) is 29.2 Å². The first-order valence-corrected chi connectivity index (χ1v) is 10.8. The lowest BCUT2D eigenvalue weighted by Crippen LogP contribution is -2.23. The number of Topliss-reactive ketones (excluding diaryl/α,β-unsaturated/α-hetero) is 1. The molecule has 5 heteroatoms. The first kappa shape index (κ1) is 20.3. The summed E-state index contributed by atoms with van der Waals surface area (Å²) < 4.78 is 5.21. The summed E-state index contributed by atoms with van der Waals surface area (Å²) >= 11 is 0. The van der Waals surface area contributed by atoms with Gasteiger partial charge in [-0.2, -0.15) is 0 Å². The fraction of sp³-hybridized carbons (Fsp3) is 0.400. The number of esters is 1. The third-order valence-corrected chi connectivity index (χ3v) is 6.13. The predicted octanol–water partition coefficient (Wildman–Crippen LogP) is 4.90. The van der Waals surface area contributed by atoms with Gasteiger partial charge in [0.25, 0.3) is 0 Å². The van der Waals surface area contributed by atoms with Crippen LogP contribution in [0.5, 0.6) is 0 Å². The quantitative estimate of drug-likeness (QED) is 0.506. The van der Waals surface area contributed by atoms with Gasteiger partial charge < -0.3 is 9.64 Å². The molecule has 0 spiro atoms. The molecule has 30 heavy (non-hydrogen) atoms. The third kappa shape index (κ3) is 4.61. The first-order valence-electron chi connectivity index (χ1n) is 10.8. The van der Waals surface area contributed by atoms with E-state index in [0.717, 1.165) is 12.1 Å². The van der Waals surface area contributed by atoms with Crippen molar-refractivity contribution in [3.63, 3.8) is 0 Å². The number of benzene rings is 2. The van der Waals surface area contributed by atoms with E-state index in [1.807, 2.05) is 24.3 Å². The van der Waals surface area contributed by atoms with Gasteiger partial charge in [-0.25, -0.2) is 4.79 Å². The first-order chi connectivity index (χ1) is 14.6. The van der Waals surface area contributed by atoms with Gasteiger partial charge in [-0.05, 0) is 55.0 Å². The van der Waals surface area contributed by atoms with Gasteiger partial charge in [-0.15, -0.1) is 0 Å². The number of carbonyl (C=O) groups excluding carboxylic acids is 3. The second kappa shape index (κ2) is 9.24. The molecule has 0 N–H and O–H groups in total. The maximum Gasteiger partial charge on any atom is 0.338 e. The number of hydrogen-bond acceptors (Lipinski definition) is 4. The normalized spacial score (nSPS) is 17.2. The van der Waals surface area contributed by atoms with E-state index in [1.165, 1.54) is 37.7 Å². The zero-order valence-electron chi connectivity index (χ0n) is 17.1. The summed E-state index contributed by atoms with van der Waals surface area (Å²) in [6.07, 6.45) is 7.72. The monoisotopic (exact) mass is 405 g/mol. The average Bonchev–Trinajstić information content (AvgIpc) is 3.24. The molecule has 1 saturated carbocycles. The van der Waals surface area contributed by atoms with Crippen LogP contribution in [0, 0.1) is 0 Å². The van der Waals surface area contributed by atoms with Crippen LogP contribution in [0.4, 0.5) is 5.69 Å². The smallest absolute Gasteiger partial charge is 0.338 e. The van der Waals surface area contributed by atoms with Crippen LogP contribution in [-0.2, 0) is 9.53 Å². The maximum atomic E-state index is 12.4. The molecule has 2 aromatic rings. The minimum Gasteiger partial charge on any atom is -0.454 e. The van der Waals surface area contributed by atoms with Gasteiger partial charge in [0.1, 0.15) is 0 Å². The topological polar surface area (TPSA) is 63.7 Å². The van der Waals surface area contributed by atoms with E-state index < -0.39 is 5.97 Å². The van der Waals surface area contributed by atoms with Gasteiger partial charge in [0.2, 0.25) is 5.91 Å². The largest absolute Gasteiger partial charge is 0.454 e. The highest BCUT2D eigenvalue weighted by Crippen LogP contribution is 2.32. The fourth-order valence-electron chi connectivity index (χ4n) is 4.37. The SMILES string of the molecule is O=C(COC(=O)c1ccc(N2CCCC2=O)cc1)c1ccc(C2CCCCC2)cc1. The Kier molecular flexibility index (Phi) is 6.26. The van der Waals surface area contributed by atoms with Crippen molar-refractivity contribution in [2.75, 3.05) is 18.1 Å².